The zero-order chi connectivity index (χ0) is 40.0. The fraction of sp³-hybridized carbons (Fsp3) is 0. The van der Waals surface area contributed by atoms with Gasteiger partial charge in [-0.25, -0.2) is 19.8 Å². The van der Waals surface area contributed by atoms with Gasteiger partial charge in [-0.2, -0.15) is 5.26 Å². The van der Waals surface area contributed by atoms with Crippen molar-refractivity contribution in [1.82, 2.24) is 15.0 Å². The van der Waals surface area contributed by atoms with E-state index in [-0.39, 0.29) is 0 Å². The second kappa shape index (κ2) is 16.3. The largest absolute Gasteiger partial charge is 0.457 e. The molecule has 0 fully saturated rings. The molecule has 0 saturated carbocycles. The lowest BCUT2D eigenvalue weighted by atomic mass is 9.92. The van der Waals surface area contributed by atoms with E-state index in [1.165, 1.54) is 0 Å². The lowest BCUT2D eigenvalue weighted by Crippen LogP contribution is -2.00. The van der Waals surface area contributed by atoms with Crippen molar-refractivity contribution in [1.29, 1.82) is 5.26 Å². The van der Waals surface area contributed by atoms with Crippen molar-refractivity contribution in [3.63, 3.8) is 0 Å². The highest BCUT2D eigenvalue weighted by atomic mass is 16.5. The number of aromatic nitrogens is 3. The molecule has 6 nitrogen and oxygen atoms in total. The summed E-state index contributed by atoms with van der Waals surface area (Å²) in [5.74, 6) is 3.32. The van der Waals surface area contributed by atoms with Crippen LogP contribution in [-0.2, 0) is 0 Å². The minimum absolute atomic E-state index is 0.583. The van der Waals surface area contributed by atoms with Crippen LogP contribution in [0.5, 0.6) is 11.5 Å². The first kappa shape index (κ1) is 36.2. The highest BCUT2D eigenvalue weighted by Gasteiger charge is 2.13. The van der Waals surface area contributed by atoms with Gasteiger partial charge in [0.25, 0.3) is 0 Å². The van der Waals surface area contributed by atoms with Crippen LogP contribution in [-0.4, -0.2) is 15.0 Å². The molecule has 0 atom stereocenters. The fourth-order valence-electron chi connectivity index (χ4n) is 6.97. The molecule has 0 radical (unpaired) electrons. The van der Waals surface area contributed by atoms with E-state index in [2.05, 4.69) is 53.4 Å². The minimum Gasteiger partial charge on any atom is -0.457 e. The molecule has 0 amide bonds. The van der Waals surface area contributed by atoms with E-state index in [1.807, 2.05) is 152 Å². The molecule has 0 saturated heterocycles. The van der Waals surface area contributed by atoms with Gasteiger partial charge in [-0.15, -0.1) is 0 Å². The third kappa shape index (κ3) is 8.11. The van der Waals surface area contributed by atoms with E-state index >= 15 is 0 Å². The average Bonchev–Trinajstić information content (AvgIpc) is 3.32. The summed E-state index contributed by atoms with van der Waals surface area (Å²) >= 11 is 0. The SMILES string of the molecule is [C-]#[N+]c1cccc(-c2cc(-c3ccc(Oc4ccc(-c5ccc(-c6nc(-c7ccccc7)nc(-c7ccccc7)n6)cc5)cc4)cc3)cc(-c3cccc(C#N)c3)c2)c1. The van der Waals surface area contributed by atoms with Gasteiger partial charge in [0.1, 0.15) is 11.5 Å². The number of ether oxygens (including phenoxy) is 1. The molecule has 59 heavy (non-hydrogen) atoms. The minimum atomic E-state index is 0.583. The standard InChI is InChI=1S/C53H33N5O/c1-55-48-17-9-16-44(34-48)47-32-45(31-46(33-47)43-15-8-10-36(30-43)35-54)39-24-28-50(29-25-39)59-49-26-22-38(23-27-49)37-18-20-42(21-19-37)53-57-51(40-11-4-2-5-12-40)56-52(58-53)41-13-6-3-7-14-41/h2-34H. The van der Waals surface area contributed by atoms with Gasteiger partial charge in [0.05, 0.1) is 18.2 Å². The summed E-state index contributed by atoms with van der Waals surface area (Å²) in [6, 6.07) is 68.2. The zero-order valence-corrected chi connectivity index (χ0v) is 31.7. The molecule has 1 aromatic heterocycles. The Morgan fingerprint density at radius 2 is 0.763 bits per heavy atom. The van der Waals surface area contributed by atoms with Crippen molar-refractivity contribution < 1.29 is 4.74 Å². The van der Waals surface area contributed by atoms with Crippen molar-refractivity contribution in [3.8, 4) is 96.2 Å². The molecular formula is C53H33N5O. The number of benzene rings is 8. The Balaban J connectivity index is 0.939. The van der Waals surface area contributed by atoms with Gasteiger partial charge in [0.2, 0.25) is 0 Å². The normalized spacial score (nSPS) is 10.7. The molecule has 0 aliphatic rings. The molecule has 0 aliphatic heterocycles. The maximum absolute atomic E-state index is 9.55. The number of nitrogens with zero attached hydrogens (tertiary/aromatic N) is 5. The molecule has 0 N–H and O–H groups in total. The molecule has 0 spiro atoms. The first-order chi connectivity index (χ1) is 29.1. The Labute approximate surface area is 342 Å². The zero-order valence-electron chi connectivity index (χ0n) is 31.7. The molecule has 6 heteroatoms. The van der Waals surface area contributed by atoms with E-state index in [9.17, 15) is 5.26 Å². The number of nitriles is 1. The van der Waals surface area contributed by atoms with Gasteiger partial charge in [0.15, 0.2) is 23.2 Å². The van der Waals surface area contributed by atoms with Gasteiger partial charge in [0, 0.05) is 16.7 Å². The topological polar surface area (TPSA) is 76.1 Å². The molecular weight excluding hydrogens is 723 g/mol. The Morgan fingerprint density at radius 1 is 0.373 bits per heavy atom. The maximum atomic E-state index is 9.55. The average molecular weight is 756 g/mol. The van der Waals surface area contributed by atoms with E-state index in [1.54, 1.807) is 6.07 Å². The first-order valence-corrected chi connectivity index (χ1v) is 19.1. The smallest absolute Gasteiger partial charge is 0.187 e. The molecule has 9 aromatic rings. The van der Waals surface area contributed by atoms with Crippen LogP contribution in [0.1, 0.15) is 5.56 Å². The lowest BCUT2D eigenvalue weighted by Gasteiger charge is -2.13. The van der Waals surface area contributed by atoms with Crippen LogP contribution >= 0.6 is 0 Å². The third-order valence-corrected chi connectivity index (χ3v) is 10.0. The molecule has 0 bridgehead atoms. The second-order valence-electron chi connectivity index (χ2n) is 13.9. The predicted molar refractivity (Wildman–Crippen MR) is 235 cm³/mol. The van der Waals surface area contributed by atoms with Gasteiger partial charge in [-0.3, -0.25) is 0 Å². The number of hydrogen-bond donors (Lipinski definition) is 0. The fourth-order valence-corrected chi connectivity index (χ4v) is 6.97. The van der Waals surface area contributed by atoms with Gasteiger partial charge < -0.3 is 4.74 Å². The van der Waals surface area contributed by atoms with Crippen LogP contribution in [0.2, 0.25) is 0 Å². The van der Waals surface area contributed by atoms with E-state index in [0.717, 1.165) is 72.7 Å². The van der Waals surface area contributed by atoms with E-state index < -0.39 is 0 Å². The highest BCUT2D eigenvalue weighted by Crippen LogP contribution is 2.36. The number of rotatable bonds is 9. The molecule has 1 heterocycles. The van der Waals surface area contributed by atoms with Gasteiger partial charge >= 0.3 is 0 Å². The Kier molecular flexibility index (Phi) is 10.0. The summed E-state index contributed by atoms with van der Waals surface area (Å²) in [6.45, 7) is 7.52. The summed E-state index contributed by atoms with van der Waals surface area (Å²) < 4.78 is 6.29. The van der Waals surface area contributed by atoms with Gasteiger partial charge in [-0.1, -0.05) is 140 Å². The summed E-state index contributed by atoms with van der Waals surface area (Å²) in [4.78, 5) is 18.2. The van der Waals surface area contributed by atoms with Crippen molar-refractivity contribution >= 4 is 5.69 Å². The van der Waals surface area contributed by atoms with Crippen molar-refractivity contribution in [2.24, 2.45) is 0 Å². The lowest BCUT2D eigenvalue weighted by molar-refractivity contribution is 0.483. The summed E-state index contributed by atoms with van der Waals surface area (Å²) in [6.07, 6.45) is 0. The molecule has 0 unspecified atom stereocenters. The molecule has 276 valence electrons. The maximum Gasteiger partial charge on any atom is 0.187 e. The molecule has 0 aliphatic carbocycles. The number of hydrogen-bond acceptors (Lipinski definition) is 5. The monoisotopic (exact) mass is 755 g/mol. The summed E-state index contributed by atoms with van der Waals surface area (Å²) in [5.41, 5.74) is 12.0. The third-order valence-electron chi connectivity index (χ3n) is 10.0. The first-order valence-electron chi connectivity index (χ1n) is 19.1. The van der Waals surface area contributed by atoms with E-state index in [4.69, 9.17) is 26.3 Å². The highest BCUT2D eigenvalue weighted by molar-refractivity contribution is 5.82. The Hall–Kier alpha value is -8.45. The second-order valence-corrected chi connectivity index (χ2v) is 13.9. The van der Waals surface area contributed by atoms with Crippen LogP contribution in [0.25, 0.3) is 83.5 Å². The quantitative estimate of drug-likeness (QED) is 0.137. The summed E-state index contributed by atoms with van der Waals surface area (Å²) in [7, 11) is 0. The van der Waals surface area contributed by atoms with Gasteiger partial charge in [-0.05, 0) is 105 Å². The van der Waals surface area contributed by atoms with Crippen molar-refractivity contribution in [2.75, 3.05) is 0 Å². The van der Waals surface area contributed by atoms with Crippen molar-refractivity contribution in [2.45, 2.75) is 0 Å². The molecule has 8 aromatic carbocycles. The van der Waals surface area contributed by atoms with Crippen LogP contribution in [0.4, 0.5) is 5.69 Å². The van der Waals surface area contributed by atoms with Crippen LogP contribution in [0.15, 0.2) is 200 Å². The Morgan fingerprint density at radius 3 is 1.25 bits per heavy atom. The van der Waals surface area contributed by atoms with Crippen molar-refractivity contribution in [3.05, 3.63) is 217 Å². The van der Waals surface area contributed by atoms with Crippen LogP contribution in [0.3, 0.4) is 0 Å². The molecule has 9 rings (SSSR count). The van der Waals surface area contributed by atoms with E-state index in [0.29, 0.717) is 28.7 Å². The summed E-state index contributed by atoms with van der Waals surface area (Å²) in [5, 5.41) is 9.55. The van der Waals surface area contributed by atoms with Crippen LogP contribution < -0.4 is 4.74 Å². The van der Waals surface area contributed by atoms with Crippen LogP contribution in [0, 0.1) is 17.9 Å². The Bertz CT molecular complexity index is 2870. The predicted octanol–water partition coefficient (Wildman–Crippen LogP) is 13.8.